The first-order chi connectivity index (χ1) is 13.3. The number of carbonyl (C=O) groups excluding carboxylic acids is 1. The summed E-state index contributed by atoms with van der Waals surface area (Å²) in [5, 5.41) is 8.89. The van der Waals surface area contributed by atoms with Crippen LogP contribution < -0.4 is 4.90 Å². The molecule has 0 radical (unpaired) electrons. The number of rotatable bonds is 4. The predicted octanol–water partition coefficient (Wildman–Crippen LogP) is 1.88. The van der Waals surface area contributed by atoms with Gasteiger partial charge in [0.25, 0.3) is 0 Å². The smallest absolute Gasteiger partial charge is 0.320 e. The molecule has 0 aromatic carbocycles. The van der Waals surface area contributed by atoms with Gasteiger partial charge in [0.1, 0.15) is 17.5 Å². The number of nitrogens with zero attached hydrogens (tertiary/aromatic N) is 5. The molecular weight excluding hydrogens is 354 g/mol. The lowest BCUT2D eigenvalue weighted by Gasteiger charge is -2.43. The van der Waals surface area contributed by atoms with Crippen LogP contribution in [-0.2, 0) is 9.53 Å². The van der Waals surface area contributed by atoms with Crippen LogP contribution in [0, 0.1) is 11.3 Å². The Morgan fingerprint density at radius 2 is 1.86 bits per heavy atom. The molecule has 0 bridgehead atoms. The highest BCUT2D eigenvalue weighted by atomic mass is 16.6. The number of ether oxygens (including phenoxy) is 1. The van der Waals surface area contributed by atoms with Crippen LogP contribution in [0.4, 0.5) is 5.82 Å². The van der Waals surface area contributed by atoms with Crippen molar-refractivity contribution >= 4 is 11.8 Å². The van der Waals surface area contributed by atoms with E-state index >= 15 is 0 Å². The lowest BCUT2D eigenvalue weighted by molar-refractivity contribution is -0.156. The highest BCUT2D eigenvalue weighted by Gasteiger charge is 2.29. The molecule has 1 aromatic rings. The summed E-state index contributed by atoms with van der Waals surface area (Å²) in [6.07, 6.45) is 3.83. The molecule has 0 unspecified atom stereocenters. The first-order valence-electron chi connectivity index (χ1n) is 10.1. The average Bonchev–Trinajstić information content (AvgIpc) is 2.67. The summed E-state index contributed by atoms with van der Waals surface area (Å²) in [7, 11) is 0. The van der Waals surface area contributed by atoms with Crippen LogP contribution >= 0.6 is 0 Å². The fraction of sp³-hybridized carbons (Fsp3) is 0.667. The van der Waals surface area contributed by atoms with Gasteiger partial charge in [-0.2, -0.15) is 5.26 Å². The third-order valence-electron chi connectivity index (χ3n) is 5.36. The summed E-state index contributed by atoms with van der Waals surface area (Å²) < 4.78 is 5.43. The van der Waals surface area contributed by atoms with Gasteiger partial charge in [-0.05, 0) is 45.7 Å². The molecule has 3 heterocycles. The van der Waals surface area contributed by atoms with Crippen molar-refractivity contribution < 1.29 is 9.53 Å². The van der Waals surface area contributed by atoms with Gasteiger partial charge in [-0.25, -0.2) is 4.98 Å². The van der Waals surface area contributed by atoms with Crippen LogP contribution in [0.1, 0.15) is 39.2 Å². The van der Waals surface area contributed by atoms with Crippen molar-refractivity contribution in [3.8, 4) is 6.07 Å². The maximum Gasteiger partial charge on any atom is 0.320 e. The van der Waals surface area contributed by atoms with Crippen LogP contribution in [0.2, 0.25) is 0 Å². The van der Waals surface area contributed by atoms with Crippen LogP contribution in [0.5, 0.6) is 0 Å². The Hall–Kier alpha value is -2.17. The number of hydrogen-bond acceptors (Lipinski definition) is 7. The standard InChI is InChI=1S/C21H31N5O2/c1-21(2,3)28-20(27)16-24-8-6-18(7-9-24)25-10-12-26(13-11-25)19-5-4-17(14-22)15-23-19/h4-5,15,18H,6-13,16H2,1-3H3. The Morgan fingerprint density at radius 3 is 2.39 bits per heavy atom. The van der Waals surface area contributed by atoms with E-state index < -0.39 is 5.60 Å². The Kier molecular flexibility index (Phi) is 6.53. The van der Waals surface area contributed by atoms with Crippen LogP contribution in [0.15, 0.2) is 18.3 Å². The van der Waals surface area contributed by atoms with Crippen molar-refractivity contribution in [3.05, 3.63) is 23.9 Å². The Morgan fingerprint density at radius 1 is 1.18 bits per heavy atom. The minimum atomic E-state index is -0.418. The van der Waals surface area contributed by atoms with E-state index in [1.165, 1.54) is 0 Å². The van der Waals surface area contributed by atoms with Gasteiger partial charge >= 0.3 is 5.97 Å². The number of anilines is 1. The van der Waals surface area contributed by atoms with E-state index in [4.69, 9.17) is 10.00 Å². The van der Waals surface area contributed by atoms with Crippen molar-refractivity contribution in [2.75, 3.05) is 50.7 Å². The Balaban J connectivity index is 1.41. The van der Waals surface area contributed by atoms with E-state index in [0.717, 1.165) is 57.9 Å². The highest BCUT2D eigenvalue weighted by molar-refractivity contribution is 5.72. The molecule has 2 aliphatic heterocycles. The zero-order valence-electron chi connectivity index (χ0n) is 17.2. The molecule has 0 amide bonds. The summed E-state index contributed by atoms with van der Waals surface area (Å²) in [5.41, 5.74) is 0.180. The Bertz CT molecular complexity index is 691. The molecule has 7 heteroatoms. The normalized spacial score (nSPS) is 20.0. The van der Waals surface area contributed by atoms with E-state index in [1.807, 2.05) is 32.9 Å². The molecule has 2 saturated heterocycles. The van der Waals surface area contributed by atoms with Gasteiger partial charge in [0.05, 0.1) is 12.1 Å². The molecule has 0 spiro atoms. The van der Waals surface area contributed by atoms with E-state index in [9.17, 15) is 4.79 Å². The molecule has 0 atom stereocenters. The Labute approximate surface area is 167 Å². The first-order valence-corrected chi connectivity index (χ1v) is 10.1. The number of aromatic nitrogens is 1. The average molecular weight is 386 g/mol. The second kappa shape index (κ2) is 8.89. The highest BCUT2D eigenvalue weighted by Crippen LogP contribution is 2.21. The third-order valence-corrected chi connectivity index (χ3v) is 5.36. The van der Waals surface area contributed by atoms with Gasteiger partial charge in [0.15, 0.2) is 0 Å². The van der Waals surface area contributed by atoms with Crippen molar-refractivity contribution in [2.45, 2.75) is 45.3 Å². The molecule has 0 aliphatic carbocycles. The zero-order valence-corrected chi connectivity index (χ0v) is 17.2. The number of hydrogen-bond donors (Lipinski definition) is 0. The quantitative estimate of drug-likeness (QED) is 0.733. The molecule has 1 aromatic heterocycles. The van der Waals surface area contributed by atoms with Gasteiger partial charge in [0.2, 0.25) is 0 Å². The van der Waals surface area contributed by atoms with Crippen molar-refractivity contribution in [1.29, 1.82) is 5.26 Å². The maximum absolute atomic E-state index is 12.0. The van der Waals surface area contributed by atoms with Gasteiger partial charge < -0.3 is 9.64 Å². The molecule has 28 heavy (non-hydrogen) atoms. The van der Waals surface area contributed by atoms with Crippen LogP contribution in [-0.4, -0.2) is 78.2 Å². The number of carbonyl (C=O) groups is 1. The van der Waals surface area contributed by atoms with E-state index in [0.29, 0.717) is 18.2 Å². The number of pyridine rings is 1. The second-order valence-corrected chi connectivity index (χ2v) is 8.63. The van der Waals surface area contributed by atoms with Crippen molar-refractivity contribution in [3.63, 3.8) is 0 Å². The summed E-state index contributed by atoms with van der Waals surface area (Å²) in [6, 6.07) is 6.46. The predicted molar refractivity (Wildman–Crippen MR) is 108 cm³/mol. The number of piperidine rings is 1. The van der Waals surface area contributed by atoms with Crippen LogP contribution in [0.3, 0.4) is 0 Å². The lowest BCUT2D eigenvalue weighted by Crippen LogP contribution is -2.53. The molecule has 152 valence electrons. The fourth-order valence-corrected chi connectivity index (χ4v) is 3.95. The third kappa shape index (κ3) is 5.66. The topological polar surface area (TPSA) is 72.7 Å². The summed E-state index contributed by atoms with van der Waals surface area (Å²) in [6.45, 7) is 12.0. The minimum Gasteiger partial charge on any atom is -0.459 e. The molecule has 3 rings (SSSR count). The molecule has 2 aliphatic rings. The SMILES string of the molecule is CC(C)(C)OC(=O)CN1CCC(N2CCN(c3ccc(C#N)cn3)CC2)CC1. The number of nitriles is 1. The van der Waals surface area contributed by atoms with Crippen molar-refractivity contribution in [2.24, 2.45) is 0 Å². The number of esters is 1. The largest absolute Gasteiger partial charge is 0.459 e. The molecule has 0 N–H and O–H groups in total. The van der Waals surface area contributed by atoms with Crippen molar-refractivity contribution in [1.82, 2.24) is 14.8 Å². The maximum atomic E-state index is 12.0. The van der Waals surface area contributed by atoms with Gasteiger partial charge in [-0.15, -0.1) is 0 Å². The zero-order chi connectivity index (χ0) is 20.1. The minimum absolute atomic E-state index is 0.130. The lowest BCUT2D eigenvalue weighted by atomic mass is 10.0. The van der Waals surface area contributed by atoms with Gasteiger partial charge in [-0.3, -0.25) is 14.6 Å². The fourth-order valence-electron chi connectivity index (χ4n) is 3.95. The molecule has 0 saturated carbocycles. The number of piperazine rings is 1. The monoisotopic (exact) mass is 385 g/mol. The first kappa shape index (κ1) is 20.6. The van der Waals surface area contributed by atoms with Crippen LogP contribution in [0.25, 0.3) is 0 Å². The molecular formula is C21H31N5O2. The van der Waals surface area contributed by atoms with E-state index in [-0.39, 0.29) is 5.97 Å². The van der Waals surface area contributed by atoms with E-state index in [1.54, 1.807) is 6.20 Å². The second-order valence-electron chi connectivity index (χ2n) is 8.63. The van der Waals surface area contributed by atoms with E-state index in [2.05, 4.69) is 25.8 Å². The molecule has 2 fully saturated rings. The van der Waals surface area contributed by atoms with Gasteiger partial charge in [-0.1, -0.05) is 0 Å². The number of likely N-dealkylation sites (tertiary alicyclic amines) is 1. The summed E-state index contributed by atoms with van der Waals surface area (Å²) in [4.78, 5) is 23.5. The van der Waals surface area contributed by atoms with Gasteiger partial charge in [0, 0.05) is 51.5 Å². The summed E-state index contributed by atoms with van der Waals surface area (Å²) in [5.74, 6) is 0.820. The molecule has 7 nitrogen and oxygen atoms in total. The summed E-state index contributed by atoms with van der Waals surface area (Å²) >= 11 is 0.